The van der Waals surface area contributed by atoms with Crippen molar-refractivity contribution < 1.29 is 9.59 Å². The SMILES string of the molecule is CCCCCn1nc(C(=O)NNC(=O)c2ccc(C)c(C)c2)c2ccccc2c1=O. The molecular weight excluding hydrogens is 380 g/mol. The maximum atomic E-state index is 12.8. The number of rotatable bonds is 6. The van der Waals surface area contributed by atoms with Gasteiger partial charge in [-0.15, -0.1) is 0 Å². The van der Waals surface area contributed by atoms with Crippen molar-refractivity contribution in [1.82, 2.24) is 20.6 Å². The van der Waals surface area contributed by atoms with E-state index in [4.69, 9.17) is 0 Å². The van der Waals surface area contributed by atoms with Crippen LogP contribution in [-0.2, 0) is 6.54 Å². The van der Waals surface area contributed by atoms with Crippen molar-refractivity contribution in [2.24, 2.45) is 0 Å². The van der Waals surface area contributed by atoms with Gasteiger partial charge in [-0.05, 0) is 49.6 Å². The quantitative estimate of drug-likeness (QED) is 0.485. The van der Waals surface area contributed by atoms with Crippen LogP contribution in [0.15, 0.2) is 47.3 Å². The lowest BCUT2D eigenvalue weighted by Gasteiger charge is -2.12. The second kappa shape index (κ2) is 9.35. The highest BCUT2D eigenvalue weighted by Gasteiger charge is 2.17. The van der Waals surface area contributed by atoms with Gasteiger partial charge < -0.3 is 0 Å². The predicted molar refractivity (Wildman–Crippen MR) is 116 cm³/mol. The van der Waals surface area contributed by atoms with Crippen LogP contribution in [0.4, 0.5) is 0 Å². The Kier molecular flexibility index (Phi) is 6.61. The van der Waals surface area contributed by atoms with Gasteiger partial charge in [0.25, 0.3) is 17.4 Å². The number of hydrogen-bond donors (Lipinski definition) is 2. The van der Waals surface area contributed by atoms with Gasteiger partial charge in [0.05, 0.1) is 5.39 Å². The van der Waals surface area contributed by atoms with E-state index in [1.807, 2.05) is 19.9 Å². The van der Waals surface area contributed by atoms with Gasteiger partial charge in [-0.25, -0.2) is 4.68 Å². The summed E-state index contributed by atoms with van der Waals surface area (Å²) in [6.45, 7) is 6.40. The molecule has 1 heterocycles. The molecule has 0 saturated carbocycles. The number of nitrogens with one attached hydrogen (secondary N) is 2. The third-order valence-electron chi connectivity index (χ3n) is 5.11. The molecule has 0 radical (unpaired) electrons. The first-order valence-electron chi connectivity index (χ1n) is 10.1. The van der Waals surface area contributed by atoms with Crippen LogP contribution in [0.25, 0.3) is 10.8 Å². The van der Waals surface area contributed by atoms with Gasteiger partial charge in [0.1, 0.15) is 0 Å². The third-order valence-corrected chi connectivity index (χ3v) is 5.11. The number of benzene rings is 2. The van der Waals surface area contributed by atoms with E-state index in [0.717, 1.165) is 30.4 Å². The van der Waals surface area contributed by atoms with E-state index in [1.54, 1.807) is 36.4 Å². The fourth-order valence-corrected chi connectivity index (χ4v) is 3.19. The number of aromatic nitrogens is 2. The molecule has 0 fully saturated rings. The molecule has 0 aliphatic heterocycles. The van der Waals surface area contributed by atoms with Gasteiger partial charge in [-0.1, -0.05) is 44.0 Å². The normalized spacial score (nSPS) is 10.8. The Morgan fingerprint density at radius 1 is 0.933 bits per heavy atom. The second-order valence-electron chi connectivity index (χ2n) is 7.34. The molecule has 0 unspecified atom stereocenters. The van der Waals surface area contributed by atoms with Gasteiger partial charge in [0.15, 0.2) is 5.69 Å². The van der Waals surface area contributed by atoms with E-state index in [-0.39, 0.29) is 11.3 Å². The predicted octanol–water partition coefficient (Wildman–Crippen LogP) is 3.28. The first kappa shape index (κ1) is 21.2. The molecule has 156 valence electrons. The number of fused-ring (bicyclic) bond motifs is 1. The van der Waals surface area contributed by atoms with Crippen molar-refractivity contribution in [3.05, 3.63) is 75.2 Å². The lowest BCUT2D eigenvalue weighted by Crippen LogP contribution is -2.42. The summed E-state index contributed by atoms with van der Waals surface area (Å²) in [4.78, 5) is 37.9. The number of hydrazine groups is 1. The molecule has 0 saturated heterocycles. The summed E-state index contributed by atoms with van der Waals surface area (Å²) in [5, 5.41) is 5.17. The molecule has 3 aromatic rings. The first-order valence-corrected chi connectivity index (χ1v) is 10.1. The van der Waals surface area contributed by atoms with Crippen LogP contribution >= 0.6 is 0 Å². The number of carbonyl (C=O) groups excluding carboxylic acids is 2. The third kappa shape index (κ3) is 4.56. The van der Waals surface area contributed by atoms with Crippen LogP contribution < -0.4 is 16.4 Å². The van der Waals surface area contributed by atoms with Crippen molar-refractivity contribution in [3.8, 4) is 0 Å². The second-order valence-corrected chi connectivity index (χ2v) is 7.34. The summed E-state index contributed by atoms with van der Waals surface area (Å²) in [6, 6.07) is 12.2. The van der Waals surface area contributed by atoms with Gasteiger partial charge in [0, 0.05) is 17.5 Å². The lowest BCUT2D eigenvalue weighted by molar-refractivity contribution is 0.0843. The molecule has 7 heteroatoms. The highest BCUT2D eigenvalue weighted by atomic mass is 16.2. The van der Waals surface area contributed by atoms with Crippen LogP contribution in [0.2, 0.25) is 0 Å². The van der Waals surface area contributed by atoms with E-state index < -0.39 is 11.8 Å². The minimum Gasteiger partial charge on any atom is -0.267 e. The molecule has 0 bridgehead atoms. The van der Waals surface area contributed by atoms with E-state index in [2.05, 4.69) is 22.9 Å². The van der Waals surface area contributed by atoms with E-state index in [1.165, 1.54) is 4.68 Å². The van der Waals surface area contributed by atoms with Crippen molar-refractivity contribution in [3.63, 3.8) is 0 Å². The van der Waals surface area contributed by atoms with Crippen molar-refractivity contribution in [2.75, 3.05) is 0 Å². The van der Waals surface area contributed by atoms with Gasteiger partial charge in [-0.2, -0.15) is 5.10 Å². The summed E-state index contributed by atoms with van der Waals surface area (Å²) >= 11 is 0. The number of amides is 2. The molecule has 1 aromatic heterocycles. The van der Waals surface area contributed by atoms with Gasteiger partial charge >= 0.3 is 0 Å². The lowest BCUT2D eigenvalue weighted by atomic mass is 10.1. The monoisotopic (exact) mass is 406 g/mol. The standard InChI is InChI=1S/C23H26N4O3/c1-4-5-8-13-27-23(30)19-10-7-6-9-18(19)20(26-27)22(29)25-24-21(28)17-12-11-15(2)16(3)14-17/h6-7,9-12,14H,4-5,8,13H2,1-3H3,(H,24,28)(H,25,29). The minimum atomic E-state index is -0.576. The maximum Gasteiger partial charge on any atom is 0.290 e. The van der Waals surface area contributed by atoms with Crippen molar-refractivity contribution >= 4 is 22.6 Å². The fraction of sp³-hybridized carbons (Fsp3) is 0.304. The molecule has 2 aromatic carbocycles. The largest absolute Gasteiger partial charge is 0.290 e. The molecule has 0 aliphatic rings. The van der Waals surface area contributed by atoms with Crippen LogP contribution in [0.3, 0.4) is 0 Å². The summed E-state index contributed by atoms with van der Waals surface area (Å²) in [5.74, 6) is -1.00. The minimum absolute atomic E-state index is 0.0992. The Bertz CT molecular complexity index is 1150. The number of nitrogens with zero attached hydrogens (tertiary/aromatic N) is 2. The molecule has 3 rings (SSSR count). The molecule has 0 aliphatic carbocycles. The Hall–Kier alpha value is -3.48. The zero-order chi connectivity index (χ0) is 21.7. The zero-order valence-electron chi connectivity index (χ0n) is 17.5. The molecule has 0 atom stereocenters. The van der Waals surface area contributed by atoms with Crippen LogP contribution in [0.5, 0.6) is 0 Å². The highest BCUT2D eigenvalue weighted by Crippen LogP contribution is 2.14. The summed E-state index contributed by atoms with van der Waals surface area (Å²) in [5.41, 5.74) is 7.24. The van der Waals surface area contributed by atoms with Crippen molar-refractivity contribution in [2.45, 2.75) is 46.6 Å². The van der Waals surface area contributed by atoms with E-state index in [9.17, 15) is 14.4 Å². The van der Waals surface area contributed by atoms with Crippen LogP contribution in [0.1, 0.15) is 58.2 Å². The molecular formula is C23H26N4O3. The molecule has 0 spiro atoms. The molecule has 2 N–H and O–H groups in total. The van der Waals surface area contributed by atoms with Gasteiger partial charge in [0.2, 0.25) is 0 Å². The molecule has 30 heavy (non-hydrogen) atoms. The van der Waals surface area contributed by atoms with Crippen molar-refractivity contribution in [1.29, 1.82) is 0 Å². The van der Waals surface area contributed by atoms with E-state index in [0.29, 0.717) is 22.9 Å². The Morgan fingerprint density at radius 2 is 1.63 bits per heavy atom. The summed E-state index contributed by atoms with van der Waals surface area (Å²) in [7, 11) is 0. The number of aryl methyl sites for hydroxylation is 3. The first-order chi connectivity index (χ1) is 14.4. The Labute approximate surface area is 175 Å². The molecule has 7 nitrogen and oxygen atoms in total. The van der Waals surface area contributed by atoms with E-state index >= 15 is 0 Å². The zero-order valence-corrected chi connectivity index (χ0v) is 17.5. The van der Waals surface area contributed by atoms with Gasteiger partial charge in [-0.3, -0.25) is 25.2 Å². The summed E-state index contributed by atoms with van der Waals surface area (Å²) < 4.78 is 1.33. The summed E-state index contributed by atoms with van der Waals surface area (Å²) in [6.07, 6.45) is 2.78. The number of unbranched alkanes of at least 4 members (excludes halogenated alkanes) is 2. The van der Waals surface area contributed by atoms with Crippen LogP contribution in [-0.4, -0.2) is 21.6 Å². The number of carbonyl (C=O) groups is 2. The topological polar surface area (TPSA) is 93.1 Å². The average Bonchev–Trinajstić information content (AvgIpc) is 2.75. The smallest absolute Gasteiger partial charge is 0.267 e. The Morgan fingerprint density at radius 3 is 2.33 bits per heavy atom. The fourth-order valence-electron chi connectivity index (χ4n) is 3.19. The van der Waals surface area contributed by atoms with Crippen LogP contribution in [0, 0.1) is 13.8 Å². The number of hydrogen-bond acceptors (Lipinski definition) is 4. The maximum absolute atomic E-state index is 12.8. The molecule has 2 amide bonds. The highest BCUT2D eigenvalue weighted by molar-refractivity contribution is 6.06. The Balaban J connectivity index is 1.84. The average molecular weight is 406 g/mol.